The van der Waals surface area contributed by atoms with Gasteiger partial charge in [0.2, 0.25) is 0 Å². The van der Waals surface area contributed by atoms with Crippen molar-refractivity contribution < 1.29 is 13.5 Å². The van der Waals surface area contributed by atoms with Crippen molar-refractivity contribution >= 4 is 10.2 Å². The molecular weight excluding hydrogens is 240 g/mol. The Morgan fingerprint density at radius 3 is 2.35 bits per heavy atom. The van der Waals surface area contributed by atoms with Crippen LogP contribution in [0.5, 0.6) is 0 Å². The fourth-order valence-electron chi connectivity index (χ4n) is 2.05. The molecule has 0 radical (unpaired) electrons. The molecule has 6 heteroatoms. The normalized spacial score (nSPS) is 18.8. The molecule has 0 amide bonds. The van der Waals surface area contributed by atoms with Gasteiger partial charge in [0.25, 0.3) is 10.2 Å². The molecule has 5 nitrogen and oxygen atoms in total. The van der Waals surface area contributed by atoms with Crippen molar-refractivity contribution in [3.8, 4) is 0 Å². The van der Waals surface area contributed by atoms with Gasteiger partial charge in [0.15, 0.2) is 0 Å². The second-order valence-electron chi connectivity index (χ2n) is 4.44. The second kappa shape index (κ2) is 7.31. The molecule has 1 fully saturated rings. The third kappa shape index (κ3) is 4.21. The Morgan fingerprint density at radius 2 is 1.82 bits per heavy atom. The zero-order chi connectivity index (χ0) is 12.7. The van der Waals surface area contributed by atoms with Crippen LogP contribution < -0.4 is 0 Å². The summed E-state index contributed by atoms with van der Waals surface area (Å²) < 4.78 is 27.6. The maximum absolute atomic E-state index is 12.3. The van der Waals surface area contributed by atoms with Gasteiger partial charge in [0.1, 0.15) is 0 Å². The van der Waals surface area contributed by atoms with E-state index in [9.17, 15) is 8.42 Å². The first kappa shape index (κ1) is 14.9. The number of hydrogen-bond acceptors (Lipinski definition) is 3. The van der Waals surface area contributed by atoms with Crippen molar-refractivity contribution in [2.45, 2.75) is 39.0 Å². The minimum atomic E-state index is -3.35. The van der Waals surface area contributed by atoms with E-state index in [1.165, 1.54) is 4.31 Å². The monoisotopic (exact) mass is 264 g/mol. The Balaban J connectivity index is 2.67. The molecule has 1 heterocycles. The van der Waals surface area contributed by atoms with Gasteiger partial charge in [0, 0.05) is 26.2 Å². The van der Waals surface area contributed by atoms with Crippen LogP contribution in [0.3, 0.4) is 0 Å². The largest absolute Gasteiger partial charge is 0.395 e. The lowest BCUT2D eigenvalue weighted by Gasteiger charge is -2.31. The lowest BCUT2D eigenvalue weighted by Crippen LogP contribution is -2.47. The first-order valence-electron chi connectivity index (χ1n) is 6.49. The summed E-state index contributed by atoms with van der Waals surface area (Å²) >= 11 is 0. The van der Waals surface area contributed by atoms with Crippen molar-refractivity contribution in [1.29, 1.82) is 0 Å². The van der Waals surface area contributed by atoms with Gasteiger partial charge in [0.05, 0.1) is 6.61 Å². The maximum atomic E-state index is 12.3. The van der Waals surface area contributed by atoms with Gasteiger partial charge in [-0.05, 0) is 19.3 Å². The summed E-state index contributed by atoms with van der Waals surface area (Å²) in [5, 5.41) is 8.97. The van der Waals surface area contributed by atoms with E-state index in [0.29, 0.717) is 19.6 Å². The van der Waals surface area contributed by atoms with Crippen LogP contribution in [0.1, 0.15) is 39.0 Å². The number of nitrogens with zero attached hydrogens (tertiary/aromatic N) is 2. The van der Waals surface area contributed by atoms with Gasteiger partial charge in [-0.3, -0.25) is 0 Å². The van der Waals surface area contributed by atoms with Gasteiger partial charge in [-0.15, -0.1) is 0 Å². The number of aliphatic hydroxyl groups excluding tert-OH is 1. The van der Waals surface area contributed by atoms with Gasteiger partial charge in [-0.1, -0.05) is 19.8 Å². The standard InChI is InChI=1S/C11H24N2O3S/c1-2-3-7-13(10-11-14)17(15,16)12-8-5-4-6-9-12/h14H,2-11H2,1H3. The summed E-state index contributed by atoms with van der Waals surface area (Å²) in [6.07, 6.45) is 4.80. The first-order valence-corrected chi connectivity index (χ1v) is 7.88. The molecule has 1 aliphatic rings. The fraction of sp³-hybridized carbons (Fsp3) is 1.00. The molecule has 0 bridgehead atoms. The number of aliphatic hydroxyl groups is 1. The molecule has 0 aromatic rings. The number of hydrogen-bond donors (Lipinski definition) is 1. The summed E-state index contributed by atoms with van der Waals surface area (Å²) in [6, 6.07) is 0. The van der Waals surface area contributed by atoms with Crippen LogP contribution in [0.2, 0.25) is 0 Å². The minimum Gasteiger partial charge on any atom is -0.395 e. The van der Waals surface area contributed by atoms with Crippen molar-refractivity contribution in [1.82, 2.24) is 8.61 Å². The molecular formula is C11H24N2O3S. The number of piperidine rings is 1. The molecule has 17 heavy (non-hydrogen) atoms. The van der Waals surface area contributed by atoms with Crippen LogP contribution in [0.25, 0.3) is 0 Å². The average molecular weight is 264 g/mol. The van der Waals surface area contributed by atoms with Gasteiger partial charge >= 0.3 is 0 Å². The molecule has 1 rings (SSSR count). The third-order valence-corrected chi connectivity index (χ3v) is 5.11. The van der Waals surface area contributed by atoms with E-state index in [2.05, 4.69) is 0 Å². The Bertz CT molecular complexity index is 300. The Morgan fingerprint density at radius 1 is 1.18 bits per heavy atom. The molecule has 0 aliphatic carbocycles. The van der Waals surface area contributed by atoms with E-state index in [1.807, 2.05) is 6.92 Å². The number of rotatable bonds is 7. The highest BCUT2D eigenvalue weighted by Crippen LogP contribution is 2.16. The van der Waals surface area contributed by atoms with Crippen LogP contribution in [0.4, 0.5) is 0 Å². The van der Waals surface area contributed by atoms with E-state index in [-0.39, 0.29) is 13.2 Å². The third-order valence-electron chi connectivity index (χ3n) is 3.08. The lowest BCUT2D eigenvalue weighted by atomic mass is 10.2. The second-order valence-corrected chi connectivity index (χ2v) is 6.37. The van der Waals surface area contributed by atoms with Crippen molar-refractivity contribution in [2.75, 3.05) is 32.8 Å². The predicted octanol–water partition coefficient (Wildman–Crippen LogP) is 0.811. The van der Waals surface area contributed by atoms with Crippen LogP contribution in [0, 0.1) is 0 Å². The Kier molecular flexibility index (Phi) is 6.40. The average Bonchev–Trinajstić information content (AvgIpc) is 2.35. The molecule has 0 atom stereocenters. The SMILES string of the molecule is CCCCN(CCO)S(=O)(=O)N1CCCCC1. The molecule has 0 unspecified atom stereocenters. The molecule has 0 aromatic carbocycles. The van der Waals surface area contributed by atoms with E-state index >= 15 is 0 Å². The molecule has 102 valence electrons. The smallest absolute Gasteiger partial charge is 0.282 e. The molecule has 1 aliphatic heterocycles. The van der Waals surface area contributed by atoms with E-state index in [0.717, 1.165) is 32.1 Å². The molecule has 1 saturated heterocycles. The number of unbranched alkanes of at least 4 members (excludes halogenated alkanes) is 1. The maximum Gasteiger partial charge on any atom is 0.282 e. The first-order chi connectivity index (χ1) is 8.12. The summed E-state index contributed by atoms with van der Waals surface area (Å²) in [7, 11) is -3.35. The zero-order valence-corrected chi connectivity index (χ0v) is 11.5. The van der Waals surface area contributed by atoms with Crippen molar-refractivity contribution in [3.63, 3.8) is 0 Å². The molecule has 1 N–H and O–H groups in total. The zero-order valence-electron chi connectivity index (χ0n) is 10.6. The van der Waals surface area contributed by atoms with Crippen LogP contribution in [-0.4, -0.2) is 54.9 Å². The van der Waals surface area contributed by atoms with Crippen LogP contribution in [0.15, 0.2) is 0 Å². The van der Waals surface area contributed by atoms with Gasteiger partial charge in [-0.2, -0.15) is 17.0 Å². The van der Waals surface area contributed by atoms with E-state index in [4.69, 9.17) is 5.11 Å². The fourth-order valence-corrected chi connectivity index (χ4v) is 3.77. The molecule has 0 aromatic heterocycles. The van der Waals surface area contributed by atoms with Crippen LogP contribution >= 0.6 is 0 Å². The van der Waals surface area contributed by atoms with E-state index in [1.54, 1.807) is 4.31 Å². The highest BCUT2D eigenvalue weighted by molar-refractivity contribution is 7.86. The summed E-state index contributed by atoms with van der Waals surface area (Å²) in [6.45, 7) is 3.88. The summed E-state index contributed by atoms with van der Waals surface area (Å²) in [4.78, 5) is 0. The molecule has 0 spiro atoms. The van der Waals surface area contributed by atoms with Crippen molar-refractivity contribution in [2.24, 2.45) is 0 Å². The highest BCUT2D eigenvalue weighted by atomic mass is 32.2. The topological polar surface area (TPSA) is 60.9 Å². The van der Waals surface area contributed by atoms with E-state index < -0.39 is 10.2 Å². The Hall–Kier alpha value is -0.170. The predicted molar refractivity (Wildman–Crippen MR) is 67.9 cm³/mol. The summed E-state index contributed by atoms with van der Waals surface area (Å²) in [5.74, 6) is 0. The molecule has 0 saturated carbocycles. The van der Waals surface area contributed by atoms with Crippen molar-refractivity contribution in [3.05, 3.63) is 0 Å². The Labute approximate surface area is 105 Å². The quantitative estimate of drug-likeness (QED) is 0.740. The lowest BCUT2D eigenvalue weighted by molar-refractivity contribution is 0.237. The summed E-state index contributed by atoms with van der Waals surface area (Å²) in [5.41, 5.74) is 0. The highest BCUT2D eigenvalue weighted by Gasteiger charge is 2.29. The minimum absolute atomic E-state index is 0.114. The van der Waals surface area contributed by atoms with Gasteiger partial charge in [-0.25, -0.2) is 0 Å². The van der Waals surface area contributed by atoms with Gasteiger partial charge < -0.3 is 5.11 Å². The van der Waals surface area contributed by atoms with Crippen LogP contribution in [-0.2, 0) is 10.2 Å².